The second-order valence-electron chi connectivity index (χ2n) is 4.20. The summed E-state index contributed by atoms with van der Waals surface area (Å²) in [6.45, 7) is 3.10. The first-order chi connectivity index (χ1) is 9.13. The molecule has 1 N–H and O–H groups in total. The van der Waals surface area contributed by atoms with Gasteiger partial charge in [0.25, 0.3) is 0 Å². The fraction of sp³-hybridized carbons (Fsp3) is 0.286. The molecule has 1 unspecified atom stereocenters. The van der Waals surface area contributed by atoms with Crippen LogP contribution in [0.4, 0.5) is 0 Å². The Hall–Kier alpha value is -0.100. The third-order valence-electron chi connectivity index (χ3n) is 2.82. The molecule has 0 fully saturated rings. The summed E-state index contributed by atoms with van der Waals surface area (Å²) >= 11 is 10.6. The van der Waals surface area contributed by atoms with E-state index in [0.717, 1.165) is 32.1 Å². The van der Waals surface area contributed by atoms with Gasteiger partial charge in [-0.05, 0) is 58.7 Å². The molecule has 19 heavy (non-hydrogen) atoms. The van der Waals surface area contributed by atoms with E-state index in [1.807, 2.05) is 18.2 Å². The second-order valence-corrected chi connectivity index (χ2v) is 6.69. The van der Waals surface area contributed by atoms with Crippen molar-refractivity contribution in [3.05, 3.63) is 55.3 Å². The molecule has 0 amide bonds. The highest BCUT2D eigenvalue weighted by atomic mass is 79.9. The predicted octanol–water partition coefficient (Wildman–Crippen LogP) is 5.66. The SMILES string of the molecule is CCCNC(c1cc(Br)ccc1Br)c1ccoc1Br. The Bertz CT molecular complexity index is 553. The quantitative estimate of drug-likeness (QED) is 0.634. The van der Waals surface area contributed by atoms with Crippen LogP contribution in [0.1, 0.15) is 30.5 Å². The van der Waals surface area contributed by atoms with Crippen LogP contribution < -0.4 is 5.32 Å². The normalized spacial score (nSPS) is 12.6. The molecule has 0 aliphatic carbocycles. The minimum atomic E-state index is 0.0972. The van der Waals surface area contributed by atoms with Gasteiger partial charge < -0.3 is 9.73 Å². The van der Waals surface area contributed by atoms with Crippen LogP contribution in [0.5, 0.6) is 0 Å². The van der Waals surface area contributed by atoms with Crippen molar-refractivity contribution in [1.82, 2.24) is 5.32 Å². The standard InChI is InChI=1S/C14H14Br3NO/c1-2-6-18-13(10-5-7-19-14(10)17)11-8-9(15)3-4-12(11)16/h3-5,7-8,13,18H,2,6H2,1H3. The summed E-state index contributed by atoms with van der Waals surface area (Å²) in [7, 11) is 0. The third-order valence-corrected chi connectivity index (χ3v) is 4.68. The van der Waals surface area contributed by atoms with E-state index in [-0.39, 0.29) is 6.04 Å². The van der Waals surface area contributed by atoms with Crippen molar-refractivity contribution in [2.75, 3.05) is 6.54 Å². The van der Waals surface area contributed by atoms with Gasteiger partial charge in [0, 0.05) is 14.5 Å². The zero-order valence-electron chi connectivity index (χ0n) is 10.4. The van der Waals surface area contributed by atoms with Gasteiger partial charge >= 0.3 is 0 Å². The Morgan fingerprint density at radius 2 is 1.95 bits per heavy atom. The van der Waals surface area contributed by atoms with Gasteiger partial charge in [-0.3, -0.25) is 0 Å². The van der Waals surface area contributed by atoms with E-state index >= 15 is 0 Å². The van der Waals surface area contributed by atoms with Crippen LogP contribution in [0.15, 0.2) is 48.6 Å². The zero-order valence-corrected chi connectivity index (χ0v) is 15.2. The molecule has 0 bridgehead atoms. The lowest BCUT2D eigenvalue weighted by Crippen LogP contribution is -2.23. The molecule has 0 saturated carbocycles. The average Bonchev–Trinajstić information content (AvgIpc) is 2.80. The number of nitrogens with one attached hydrogen (secondary N) is 1. The van der Waals surface area contributed by atoms with Gasteiger partial charge in [-0.2, -0.15) is 0 Å². The molecule has 5 heteroatoms. The first-order valence-electron chi connectivity index (χ1n) is 6.04. The summed E-state index contributed by atoms with van der Waals surface area (Å²) in [5.74, 6) is 0. The van der Waals surface area contributed by atoms with Crippen LogP contribution in [0.25, 0.3) is 0 Å². The largest absolute Gasteiger partial charge is 0.457 e. The molecule has 0 aliphatic rings. The van der Waals surface area contributed by atoms with Crippen molar-refractivity contribution in [3.63, 3.8) is 0 Å². The Morgan fingerprint density at radius 1 is 1.16 bits per heavy atom. The first kappa shape index (κ1) is 15.3. The molecule has 0 aliphatic heterocycles. The van der Waals surface area contributed by atoms with Crippen molar-refractivity contribution >= 4 is 47.8 Å². The lowest BCUT2D eigenvalue weighted by atomic mass is 10.0. The summed E-state index contributed by atoms with van der Waals surface area (Å²) in [6.07, 6.45) is 2.78. The number of benzene rings is 1. The van der Waals surface area contributed by atoms with Crippen molar-refractivity contribution < 1.29 is 4.42 Å². The maximum absolute atomic E-state index is 5.37. The first-order valence-corrected chi connectivity index (χ1v) is 8.42. The Kier molecular flexibility index (Phi) is 5.69. The number of halogens is 3. The van der Waals surface area contributed by atoms with Crippen LogP contribution in [0.3, 0.4) is 0 Å². The van der Waals surface area contributed by atoms with Crippen molar-refractivity contribution in [2.24, 2.45) is 0 Å². The number of rotatable bonds is 5. The predicted molar refractivity (Wildman–Crippen MR) is 88.4 cm³/mol. The third kappa shape index (κ3) is 3.72. The Morgan fingerprint density at radius 3 is 2.58 bits per heavy atom. The molecule has 1 aromatic heterocycles. The van der Waals surface area contributed by atoms with Crippen LogP contribution in [-0.4, -0.2) is 6.54 Å². The van der Waals surface area contributed by atoms with E-state index in [9.17, 15) is 0 Å². The van der Waals surface area contributed by atoms with Gasteiger partial charge in [-0.1, -0.05) is 38.8 Å². The molecule has 102 valence electrons. The zero-order chi connectivity index (χ0) is 13.8. The van der Waals surface area contributed by atoms with Gasteiger partial charge in [-0.25, -0.2) is 0 Å². The molecular weight excluding hydrogens is 438 g/mol. The molecule has 2 nitrogen and oxygen atoms in total. The molecular formula is C14H14Br3NO. The van der Waals surface area contributed by atoms with Gasteiger partial charge in [0.1, 0.15) is 0 Å². The van der Waals surface area contributed by atoms with E-state index < -0.39 is 0 Å². The van der Waals surface area contributed by atoms with Gasteiger partial charge in [0.05, 0.1) is 12.3 Å². The minimum Gasteiger partial charge on any atom is -0.457 e. The maximum atomic E-state index is 5.37. The highest BCUT2D eigenvalue weighted by molar-refractivity contribution is 9.11. The molecule has 0 saturated heterocycles. The van der Waals surface area contributed by atoms with E-state index in [1.54, 1.807) is 6.26 Å². The summed E-state index contributed by atoms with van der Waals surface area (Å²) in [5, 5.41) is 3.56. The second kappa shape index (κ2) is 7.07. The van der Waals surface area contributed by atoms with Crippen LogP contribution in [-0.2, 0) is 0 Å². The lowest BCUT2D eigenvalue weighted by Gasteiger charge is -2.20. The number of furan rings is 1. The van der Waals surface area contributed by atoms with E-state index in [4.69, 9.17) is 4.42 Å². The minimum absolute atomic E-state index is 0.0972. The molecule has 1 aromatic carbocycles. The maximum Gasteiger partial charge on any atom is 0.174 e. The highest BCUT2D eigenvalue weighted by Crippen LogP contribution is 2.34. The Labute approximate surface area is 138 Å². The van der Waals surface area contributed by atoms with Crippen molar-refractivity contribution in [1.29, 1.82) is 0 Å². The Balaban J connectivity index is 2.42. The number of hydrogen-bond acceptors (Lipinski definition) is 2. The fourth-order valence-electron chi connectivity index (χ4n) is 1.92. The molecule has 2 aromatic rings. The van der Waals surface area contributed by atoms with Crippen LogP contribution in [0, 0.1) is 0 Å². The summed E-state index contributed by atoms with van der Waals surface area (Å²) in [5.41, 5.74) is 2.29. The average molecular weight is 452 g/mol. The molecule has 1 atom stereocenters. The summed E-state index contributed by atoms with van der Waals surface area (Å²) < 4.78 is 8.28. The smallest absolute Gasteiger partial charge is 0.174 e. The lowest BCUT2D eigenvalue weighted by molar-refractivity contribution is 0.523. The molecule has 1 heterocycles. The van der Waals surface area contributed by atoms with Gasteiger partial charge in [0.15, 0.2) is 4.67 Å². The van der Waals surface area contributed by atoms with E-state index in [1.165, 1.54) is 5.56 Å². The molecule has 0 spiro atoms. The highest BCUT2D eigenvalue weighted by Gasteiger charge is 2.20. The monoisotopic (exact) mass is 449 g/mol. The van der Waals surface area contributed by atoms with E-state index in [0.29, 0.717) is 0 Å². The van der Waals surface area contributed by atoms with Crippen LogP contribution in [0.2, 0.25) is 0 Å². The van der Waals surface area contributed by atoms with Gasteiger partial charge in [0.2, 0.25) is 0 Å². The van der Waals surface area contributed by atoms with Crippen LogP contribution >= 0.6 is 47.8 Å². The fourth-order valence-corrected chi connectivity index (χ4v) is 3.25. The van der Waals surface area contributed by atoms with E-state index in [2.05, 4.69) is 66.1 Å². The summed E-state index contributed by atoms with van der Waals surface area (Å²) in [6, 6.07) is 8.28. The number of hydrogen-bond donors (Lipinski definition) is 1. The summed E-state index contributed by atoms with van der Waals surface area (Å²) in [4.78, 5) is 0. The topological polar surface area (TPSA) is 25.2 Å². The van der Waals surface area contributed by atoms with Crippen molar-refractivity contribution in [3.8, 4) is 0 Å². The van der Waals surface area contributed by atoms with Gasteiger partial charge in [-0.15, -0.1) is 0 Å². The molecule has 2 rings (SSSR count). The molecule has 0 radical (unpaired) electrons. The van der Waals surface area contributed by atoms with Crippen molar-refractivity contribution in [2.45, 2.75) is 19.4 Å².